The normalized spacial score (nSPS) is 11.2. The number of allylic oxidation sites excluding steroid dienone is 3. The Bertz CT molecular complexity index is 597. The lowest BCUT2D eigenvalue weighted by Crippen LogP contribution is -1.98. The van der Waals surface area contributed by atoms with Gasteiger partial charge in [-0.15, -0.1) is 0 Å². The second kappa shape index (κ2) is 8.64. The average Bonchev–Trinajstić information content (AvgIpc) is 2.44. The Morgan fingerprint density at radius 2 is 2.00 bits per heavy atom. The van der Waals surface area contributed by atoms with Gasteiger partial charge < -0.3 is 9.84 Å². The Morgan fingerprint density at radius 1 is 1.32 bits per heavy atom. The van der Waals surface area contributed by atoms with Crippen LogP contribution in [0.25, 0.3) is 0 Å². The molecule has 0 aliphatic rings. The van der Waals surface area contributed by atoms with Crippen LogP contribution in [-0.2, 0) is 0 Å². The number of hydrogen-bond acceptors (Lipinski definition) is 3. The first-order valence-electron chi connectivity index (χ1n) is 7.25. The minimum Gasteiger partial charge on any atom is -0.507 e. The Labute approximate surface area is 137 Å². The van der Waals surface area contributed by atoms with Crippen LogP contribution in [0.2, 0.25) is 5.02 Å². The van der Waals surface area contributed by atoms with Crippen LogP contribution in [0, 0.1) is 6.92 Å². The van der Waals surface area contributed by atoms with Crippen LogP contribution in [0.3, 0.4) is 0 Å². The molecule has 0 aliphatic carbocycles. The summed E-state index contributed by atoms with van der Waals surface area (Å²) in [6.07, 6.45) is 6.79. The van der Waals surface area contributed by atoms with Gasteiger partial charge >= 0.3 is 0 Å². The van der Waals surface area contributed by atoms with Crippen LogP contribution in [0.15, 0.2) is 29.4 Å². The lowest BCUT2D eigenvalue weighted by atomic mass is 10.1. The van der Waals surface area contributed by atoms with E-state index in [4.69, 9.17) is 16.3 Å². The number of phenolic OH excluding ortho intramolecular Hbond substituents is 1. The number of halogens is 1. The van der Waals surface area contributed by atoms with Crippen LogP contribution < -0.4 is 4.74 Å². The molecular weight excluding hydrogens is 300 g/mol. The molecule has 0 radical (unpaired) electrons. The first-order valence-corrected chi connectivity index (χ1v) is 7.63. The molecule has 0 spiro atoms. The standard InChI is InChI=1S/C18H23ClO3/c1-12(2)6-5-7-13(3)8-9-22-17-10-16(21)15(11-20)14(4)18(17)19/h6,8,10-11,21H,5,7,9H2,1-4H3/b13-8+. The molecule has 0 bridgehead atoms. The van der Waals surface area contributed by atoms with Gasteiger partial charge in [-0.25, -0.2) is 0 Å². The molecule has 0 unspecified atom stereocenters. The Balaban J connectivity index is 2.69. The molecule has 4 heteroatoms. The number of ether oxygens (including phenoxy) is 1. The maximum atomic E-state index is 10.9. The third kappa shape index (κ3) is 5.23. The first-order chi connectivity index (χ1) is 10.4. The zero-order valence-corrected chi connectivity index (χ0v) is 14.3. The van der Waals surface area contributed by atoms with E-state index in [1.54, 1.807) is 6.92 Å². The van der Waals surface area contributed by atoms with Gasteiger partial charge in [0.25, 0.3) is 0 Å². The van der Waals surface area contributed by atoms with E-state index in [-0.39, 0.29) is 11.3 Å². The Hall–Kier alpha value is -1.74. The van der Waals surface area contributed by atoms with Crippen molar-refractivity contribution in [3.8, 4) is 11.5 Å². The molecule has 0 saturated carbocycles. The molecule has 120 valence electrons. The molecule has 0 aliphatic heterocycles. The zero-order valence-electron chi connectivity index (χ0n) is 13.6. The molecule has 0 saturated heterocycles. The summed E-state index contributed by atoms with van der Waals surface area (Å²) in [7, 11) is 0. The molecule has 0 heterocycles. The van der Waals surface area contributed by atoms with Crippen molar-refractivity contribution < 1.29 is 14.6 Å². The fraction of sp³-hybridized carbons (Fsp3) is 0.389. The number of rotatable bonds is 7. The van der Waals surface area contributed by atoms with Crippen LogP contribution in [0.4, 0.5) is 0 Å². The second-order valence-corrected chi connectivity index (χ2v) is 5.92. The quantitative estimate of drug-likeness (QED) is 0.551. The third-order valence-corrected chi connectivity index (χ3v) is 3.84. The van der Waals surface area contributed by atoms with E-state index in [1.165, 1.54) is 17.2 Å². The van der Waals surface area contributed by atoms with Crippen molar-refractivity contribution in [2.24, 2.45) is 0 Å². The molecule has 0 amide bonds. The van der Waals surface area contributed by atoms with Crippen molar-refractivity contribution in [1.29, 1.82) is 0 Å². The van der Waals surface area contributed by atoms with Gasteiger partial charge in [0.05, 0.1) is 10.6 Å². The Morgan fingerprint density at radius 3 is 2.59 bits per heavy atom. The van der Waals surface area contributed by atoms with Crippen molar-refractivity contribution in [2.45, 2.75) is 40.5 Å². The summed E-state index contributed by atoms with van der Waals surface area (Å²) < 4.78 is 5.60. The molecule has 1 aromatic rings. The Kier molecular flexibility index (Phi) is 7.19. The van der Waals surface area contributed by atoms with E-state index in [0.717, 1.165) is 12.8 Å². The monoisotopic (exact) mass is 322 g/mol. The zero-order chi connectivity index (χ0) is 16.7. The van der Waals surface area contributed by atoms with Gasteiger partial charge in [0.1, 0.15) is 18.1 Å². The molecule has 22 heavy (non-hydrogen) atoms. The van der Waals surface area contributed by atoms with Crippen molar-refractivity contribution in [2.75, 3.05) is 6.61 Å². The van der Waals surface area contributed by atoms with E-state index in [0.29, 0.717) is 29.2 Å². The lowest BCUT2D eigenvalue weighted by Gasteiger charge is -2.11. The smallest absolute Gasteiger partial charge is 0.154 e. The highest BCUT2D eigenvalue weighted by atomic mass is 35.5. The third-order valence-electron chi connectivity index (χ3n) is 3.37. The fourth-order valence-corrected chi connectivity index (χ4v) is 2.19. The number of aldehydes is 1. The molecule has 1 N–H and O–H groups in total. The number of carbonyl (C=O) groups is 1. The average molecular weight is 323 g/mol. The van der Waals surface area contributed by atoms with Crippen LogP contribution in [0.5, 0.6) is 11.5 Å². The summed E-state index contributed by atoms with van der Waals surface area (Å²) in [5.74, 6) is 0.270. The van der Waals surface area contributed by atoms with Gasteiger partial charge in [0.15, 0.2) is 6.29 Å². The van der Waals surface area contributed by atoms with E-state index in [2.05, 4.69) is 26.8 Å². The van der Waals surface area contributed by atoms with E-state index < -0.39 is 0 Å². The maximum absolute atomic E-state index is 10.9. The summed E-state index contributed by atoms with van der Waals surface area (Å²) >= 11 is 6.16. The van der Waals surface area contributed by atoms with Crippen LogP contribution >= 0.6 is 11.6 Å². The SMILES string of the molecule is CC(C)=CCC/C(C)=C/COc1cc(O)c(C=O)c(C)c1Cl. The summed E-state index contributed by atoms with van der Waals surface area (Å²) in [4.78, 5) is 10.9. The largest absolute Gasteiger partial charge is 0.507 e. The van der Waals surface area contributed by atoms with Gasteiger partial charge in [-0.1, -0.05) is 28.8 Å². The first kappa shape index (κ1) is 18.3. The van der Waals surface area contributed by atoms with Crippen LogP contribution in [0.1, 0.15) is 49.5 Å². The maximum Gasteiger partial charge on any atom is 0.154 e. The summed E-state index contributed by atoms with van der Waals surface area (Å²) in [6.45, 7) is 8.28. The van der Waals surface area contributed by atoms with Crippen molar-refractivity contribution >= 4 is 17.9 Å². The molecule has 0 fully saturated rings. The topological polar surface area (TPSA) is 46.5 Å². The summed E-state index contributed by atoms with van der Waals surface area (Å²) in [6, 6.07) is 1.38. The van der Waals surface area contributed by atoms with Crippen molar-refractivity contribution in [3.63, 3.8) is 0 Å². The molecule has 0 aromatic heterocycles. The molecule has 3 nitrogen and oxygen atoms in total. The molecule has 0 atom stereocenters. The number of carbonyl (C=O) groups excluding carboxylic acids is 1. The van der Waals surface area contributed by atoms with Gasteiger partial charge in [-0.3, -0.25) is 4.79 Å². The molecular formula is C18H23ClO3. The van der Waals surface area contributed by atoms with E-state index >= 15 is 0 Å². The molecule has 1 rings (SSSR count). The number of phenols is 1. The fourth-order valence-electron chi connectivity index (χ4n) is 1.98. The second-order valence-electron chi connectivity index (χ2n) is 5.55. The minimum atomic E-state index is -0.115. The predicted octanol–water partition coefficient (Wildman–Crippen LogP) is 5.24. The van der Waals surface area contributed by atoms with Gasteiger partial charge in [0, 0.05) is 6.07 Å². The highest BCUT2D eigenvalue weighted by molar-refractivity contribution is 6.33. The van der Waals surface area contributed by atoms with E-state index in [9.17, 15) is 9.90 Å². The lowest BCUT2D eigenvalue weighted by molar-refractivity contribution is 0.112. The van der Waals surface area contributed by atoms with Crippen LogP contribution in [-0.4, -0.2) is 18.0 Å². The number of hydrogen-bond donors (Lipinski definition) is 1. The highest BCUT2D eigenvalue weighted by Crippen LogP contribution is 2.35. The van der Waals surface area contributed by atoms with Crippen molar-refractivity contribution in [3.05, 3.63) is 45.5 Å². The van der Waals surface area contributed by atoms with Gasteiger partial charge in [-0.05, 0) is 52.2 Å². The number of benzene rings is 1. The minimum absolute atomic E-state index is 0.115. The van der Waals surface area contributed by atoms with E-state index in [1.807, 2.05) is 6.08 Å². The van der Waals surface area contributed by atoms with Gasteiger partial charge in [-0.2, -0.15) is 0 Å². The summed E-state index contributed by atoms with van der Waals surface area (Å²) in [5.41, 5.74) is 3.28. The summed E-state index contributed by atoms with van der Waals surface area (Å²) in [5, 5.41) is 10.1. The molecule has 1 aromatic carbocycles. The van der Waals surface area contributed by atoms with Crippen molar-refractivity contribution in [1.82, 2.24) is 0 Å². The van der Waals surface area contributed by atoms with Gasteiger partial charge in [0.2, 0.25) is 0 Å². The highest BCUT2D eigenvalue weighted by Gasteiger charge is 2.13. The predicted molar refractivity (Wildman–Crippen MR) is 91.2 cm³/mol. The number of aromatic hydroxyl groups is 1.